The van der Waals surface area contributed by atoms with Gasteiger partial charge in [-0.05, 0) is 30.7 Å². The molecule has 104 valence electrons. The number of aromatic hydroxyl groups is 1. The number of phenolic OH excluding ortho intramolecular Hbond substituents is 1. The zero-order valence-corrected chi connectivity index (χ0v) is 11.0. The van der Waals surface area contributed by atoms with Gasteiger partial charge in [-0.2, -0.15) is 0 Å². The Labute approximate surface area is 115 Å². The van der Waals surface area contributed by atoms with Crippen LogP contribution in [-0.4, -0.2) is 25.4 Å². The Morgan fingerprint density at radius 3 is 2.65 bits per heavy atom. The molecule has 2 aliphatic heterocycles. The van der Waals surface area contributed by atoms with Crippen LogP contribution in [0.1, 0.15) is 12.0 Å². The Morgan fingerprint density at radius 2 is 1.90 bits per heavy atom. The minimum Gasteiger partial charge on any atom is -0.507 e. The Kier molecular flexibility index (Phi) is 2.37. The maximum Gasteiger partial charge on any atom is 0.357 e. The van der Waals surface area contributed by atoms with Crippen LogP contribution in [0.2, 0.25) is 0 Å². The van der Waals surface area contributed by atoms with Crippen LogP contribution in [0, 0.1) is 0 Å². The van der Waals surface area contributed by atoms with E-state index in [9.17, 15) is 5.11 Å². The second-order valence-electron chi connectivity index (χ2n) is 4.86. The first kappa shape index (κ1) is 11.8. The molecule has 2 aliphatic rings. The van der Waals surface area contributed by atoms with Crippen molar-refractivity contribution in [3.8, 4) is 17.2 Å². The molecule has 1 fully saturated rings. The monoisotopic (exact) mass is 274 g/mol. The molecule has 0 atom stereocenters. The molecule has 1 saturated heterocycles. The Balaban J connectivity index is 2.03. The third-order valence-corrected chi connectivity index (χ3v) is 3.73. The summed E-state index contributed by atoms with van der Waals surface area (Å²) in [6, 6.07) is 6.96. The van der Waals surface area contributed by atoms with E-state index in [0.29, 0.717) is 30.1 Å². The predicted octanol–water partition coefficient (Wildman–Crippen LogP) is 2.49. The molecule has 0 saturated carbocycles. The molecule has 1 spiro atoms. The third kappa shape index (κ3) is 1.39. The molecule has 0 aliphatic carbocycles. The first-order valence-corrected chi connectivity index (χ1v) is 6.55. The van der Waals surface area contributed by atoms with E-state index in [2.05, 4.69) is 0 Å². The van der Waals surface area contributed by atoms with Crippen molar-refractivity contribution >= 4 is 10.8 Å². The van der Waals surface area contributed by atoms with E-state index in [1.54, 1.807) is 25.3 Å². The Morgan fingerprint density at radius 1 is 1.10 bits per heavy atom. The fourth-order valence-corrected chi connectivity index (χ4v) is 2.85. The highest BCUT2D eigenvalue weighted by Gasteiger charge is 2.47. The lowest BCUT2D eigenvalue weighted by atomic mass is 10.0. The number of rotatable bonds is 1. The van der Waals surface area contributed by atoms with Gasteiger partial charge in [0.05, 0.1) is 31.3 Å². The molecule has 2 heterocycles. The number of benzene rings is 2. The van der Waals surface area contributed by atoms with Gasteiger partial charge < -0.3 is 24.1 Å². The third-order valence-electron chi connectivity index (χ3n) is 3.73. The summed E-state index contributed by atoms with van der Waals surface area (Å²) >= 11 is 0. The van der Waals surface area contributed by atoms with Gasteiger partial charge in [-0.3, -0.25) is 0 Å². The fourth-order valence-electron chi connectivity index (χ4n) is 2.85. The number of hydrogen-bond donors (Lipinski definition) is 1. The highest BCUT2D eigenvalue weighted by Crippen LogP contribution is 2.51. The van der Waals surface area contributed by atoms with Gasteiger partial charge >= 0.3 is 5.97 Å². The van der Waals surface area contributed by atoms with Gasteiger partial charge in [-0.15, -0.1) is 0 Å². The molecule has 5 heteroatoms. The zero-order valence-electron chi connectivity index (χ0n) is 11.0. The van der Waals surface area contributed by atoms with Crippen LogP contribution in [-0.2, 0) is 15.4 Å². The molecule has 2 aromatic carbocycles. The van der Waals surface area contributed by atoms with Crippen molar-refractivity contribution in [3.05, 3.63) is 29.8 Å². The van der Waals surface area contributed by atoms with Crippen molar-refractivity contribution in [1.29, 1.82) is 0 Å². The molecular formula is C15H14O5. The summed E-state index contributed by atoms with van der Waals surface area (Å²) < 4.78 is 22.7. The van der Waals surface area contributed by atoms with Gasteiger partial charge in [0, 0.05) is 5.39 Å². The molecule has 0 amide bonds. The zero-order chi connectivity index (χ0) is 13.7. The van der Waals surface area contributed by atoms with Gasteiger partial charge in [0.2, 0.25) is 0 Å². The van der Waals surface area contributed by atoms with Crippen LogP contribution in [0.4, 0.5) is 0 Å². The second kappa shape index (κ2) is 4.01. The van der Waals surface area contributed by atoms with E-state index in [1.807, 2.05) is 6.07 Å². The molecule has 0 bridgehead atoms. The average Bonchev–Trinajstić information content (AvgIpc) is 2.78. The largest absolute Gasteiger partial charge is 0.507 e. The van der Waals surface area contributed by atoms with E-state index < -0.39 is 5.97 Å². The molecular weight excluding hydrogens is 260 g/mol. The van der Waals surface area contributed by atoms with Crippen molar-refractivity contribution in [2.24, 2.45) is 0 Å². The SMILES string of the molecule is COc1ccc2c3c(ccc(O)c13)OC21OCCCO1. The predicted molar refractivity (Wildman–Crippen MR) is 71.0 cm³/mol. The number of methoxy groups -OCH3 is 1. The molecule has 1 N–H and O–H groups in total. The van der Waals surface area contributed by atoms with E-state index >= 15 is 0 Å². The lowest BCUT2D eigenvalue weighted by molar-refractivity contribution is -0.371. The second-order valence-corrected chi connectivity index (χ2v) is 4.86. The fraction of sp³-hybridized carbons (Fsp3) is 0.333. The summed E-state index contributed by atoms with van der Waals surface area (Å²) in [5.74, 6) is 0.200. The first-order chi connectivity index (χ1) is 9.75. The van der Waals surface area contributed by atoms with Crippen molar-refractivity contribution < 1.29 is 24.1 Å². The molecule has 2 aromatic rings. The summed E-state index contributed by atoms with van der Waals surface area (Å²) in [7, 11) is 1.57. The number of phenols is 1. The van der Waals surface area contributed by atoms with Crippen LogP contribution >= 0.6 is 0 Å². The van der Waals surface area contributed by atoms with Crippen molar-refractivity contribution in [1.82, 2.24) is 0 Å². The lowest BCUT2D eigenvalue weighted by Crippen LogP contribution is -2.40. The van der Waals surface area contributed by atoms with E-state index in [4.69, 9.17) is 18.9 Å². The van der Waals surface area contributed by atoms with Gasteiger partial charge in [0.1, 0.15) is 17.2 Å². The number of hydrogen-bond acceptors (Lipinski definition) is 5. The number of ether oxygens (including phenoxy) is 4. The smallest absolute Gasteiger partial charge is 0.357 e. The van der Waals surface area contributed by atoms with Gasteiger partial charge in [-0.25, -0.2) is 0 Å². The minimum atomic E-state index is -1.18. The highest BCUT2D eigenvalue weighted by molar-refractivity contribution is 6.01. The van der Waals surface area contributed by atoms with Gasteiger partial charge in [0.25, 0.3) is 0 Å². The normalized spacial score (nSPS) is 19.2. The van der Waals surface area contributed by atoms with E-state index in [1.165, 1.54) is 0 Å². The van der Waals surface area contributed by atoms with Gasteiger partial charge in [-0.1, -0.05) is 0 Å². The van der Waals surface area contributed by atoms with E-state index in [-0.39, 0.29) is 5.75 Å². The van der Waals surface area contributed by atoms with Crippen LogP contribution in [0.15, 0.2) is 24.3 Å². The summed E-state index contributed by atoms with van der Waals surface area (Å²) in [6.45, 7) is 1.15. The summed E-state index contributed by atoms with van der Waals surface area (Å²) in [4.78, 5) is 0. The van der Waals surface area contributed by atoms with Crippen molar-refractivity contribution in [2.45, 2.75) is 12.4 Å². The summed E-state index contributed by atoms with van der Waals surface area (Å²) in [5, 5.41) is 11.5. The number of fused-ring (bicyclic) bond motifs is 1. The van der Waals surface area contributed by atoms with Crippen molar-refractivity contribution in [2.75, 3.05) is 20.3 Å². The molecule has 20 heavy (non-hydrogen) atoms. The van der Waals surface area contributed by atoms with Crippen LogP contribution < -0.4 is 9.47 Å². The Hall–Kier alpha value is -1.98. The van der Waals surface area contributed by atoms with Crippen LogP contribution in [0.25, 0.3) is 10.8 Å². The van der Waals surface area contributed by atoms with E-state index in [0.717, 1.165) is 17.4 Å². The van der Waals surface area contributed by atoms with Crippen molar-refractivity contribution in [3.63, 3.8) is 0 Å². The molecule has 0 radical (unpaired) electrons. The minimum absolute atomic E-state index is 0.152. The average molecular weight is 274 g/mol. The van der Waals surface area contributed by atoms with Crippen LogP contribution in [0.3, 0.4) is 0 Å². The maximum absolute atomic E-state index is 10.1. The topological polar surface area (TPSA) is 57.2 Å². The summed E-state index contributed by atoms with van der Waals surface area (Å²) in [5.41, 5.74) is 0.777. The standard InChI is InChI=1S/C15H14O5/c1-17-11-5-3-9-13-12(6-4-10(16)14(11)13)20-15(9)18-7-2-8-19-15/h3-6,16H,2,7-8H2,1H3. The molecule has 4 rings (SSSR count). The lowest BCUT2D eigenvalue weighted by Gasteiger charge is -2.33. The summed E-state index contributed by atoms with van der Waals surface area (Å²) in [6.07, 6.45) is 0.839. The van der Waals surface area contributed by atoms with Crippen LogP contribution in [0.5, 0.6) is 17.2 Å². The molecule has 0 unspecified atom stereocenters. The molecule has 5 nitrogen and oxygen atoms in total. The Bertz CT molecular complexity index is 688. The quantitative estimate of drug-likeness (QED) is 0.865. The van der Waals surface area contributed by atoms with Gasteiger partial charge in [0.15, 0.2) is 0 Å². The maximum atomic E-state index is 10.1. The highest BCUT2D eigenvalue weighted by atomic mass is 16.9. The molecule has 0 aromatic heterocycles. The first-order valence-electron chi connectivity index (χ1n) is 6.55.